The number of amides is 2. The van der Waals surface area contributed by atoms with Crippen LogP contribution in [0.1, 0.15) is 16.7 Å². The first-order valence-corrected chi connectivity index (χ1v) is 5.73. The molecule has 0 spiro atoms. The topological polar surface area (TPSA) is 75.8 Å². The van der Waals surface area contributed by atoms with Crippen LogP contribution in [0.5, 0.6) is 0 Å². The lowest BCUT2D eigenvalue weighted by atomic mass is 10.4. The van der Waals surface area contributed by atoms with E-state index in [1.807, 2.05) is 19.1 Å². The summed E-state index contributed by atoms with van der Waals surface area (Å²) in [6, 6.07) is 3.15. The number of nitrogens with two attached hydrogens (primary N) is 1. The van der Waals surface area contributed by atoms with E-state index in [1.54, 1.807) is 18.3 Å². The Morgan fingerprint density at radius 1 is 1.69 bits per heavy atom. The third-order valence-electron chi connectivity index (χ3n) is 1.99. The minimum absolute atomic E-state index is 0.0691. The van der Waals surface area contributed by atoms with E-state index in [2.05, 4.69) is 0 Å². The van der Waals surface area contributed by atoms with Gasteiger partial charge in [-0.3, -0.25) is 5.21 Å². The highest BCUT2D eigenvalue weighted by Crippen LogP contribution is 2.16. The summed E-state index contributed by atoms with van der Waals surface area (Å²) in [5, 5.41) is 9.53. The van der Waals surface area contributed by atoms with Crippen LogP contribution in [0, 0.1) is 6.92 Å². The summed E-state index contributed by atoms with van der Waals surface area (Å²) >= 11 is 1.66. The van der Waals surface area contributed by atoms with Gasteiger partial charge in [-0.15, -0.1) is 11.3 Å². The van der Waals surface area contributed by atoms with Crippen molar-refractivity contribution < 1.29 is 14.7 Å². The van der Waals surface area contributed by atoms with E-state index in [0.29, 0.717) is 11.7 Å². The first-order chi connectivity index (χ1) is 7.49. The molecule has 3 N–H and O–H groups in total. The normalized spacial score (nSPS) is 12.4. The Hall–Kier alpha value is -1.11. The number of hydroxylamine groups is 2. The maximum Gasteiger partial charge on any atom is 0.338 e. The minimum atomic E-state index is -0.873. The quantitative estimate of drug-likeness (QED) is 0.611. The van der Waals surface area contributed by atoms with Crippen molar-refractivity contribution in [1.82, 2.24) is 5.06 Å². The molecule has 90 valence electrons. The van der Waals surface area contributed by atoms with Crippen LogP contribution in [-0.4, -0.2) is 29.0 Å². The fourth-order valence-corrected chi connectivity index (χ4v) is 1.99. The summed E-state index contributed by atoms with van der Waals surface area (Å²) in [7, 11) is 0. The molecule has 1 rings (SSSR count). The maximum atomic E-state index is 10.6. The zero-order chi connectivity index (χ0) is 12.1. The fraction of sp³-hybridized carbons (Fsp3) is 0.500. The summed E-state index contributed by atoms with van der Waals surface area (Å²) in [5.74, 6) is 0. The number of thiophene rings is 1. The standard InChI is InChI=1S/C10H16N2O3S/c1-7(5-12(14)10(11)13)15-6-9-4-3-8(2)16-9/h3-4,7,14H,5-6H2,1-2H3,(H2,11,13). The van der Waals surface area contributed by atoms with Crippen molar-refractivity contribution >= 4 is 17.4 Å². The Labute approximate surface area is 98.4 Å². The molecule has 0 saturated carbocycles. The number of rotatable bonds is 5. The summed E-state index contributed by atoms with van der Waals surface area (Å²) in [5.41, 5.74) is 4.88. The molecule has 1 atom stereocenters. The van der Waals surface area contributed by atoms with Crippen LogP contribution in [0.3, 0.4) is 0 Å². The molecule has 1 aromatic heterocycles. The van der Waals surface area contributed by atoms with Gasteiger partial charge in [0.2, 0.25) is 0 Å². The number of hydrogen-bond donors (Lipinski definition) is 2. The van der Waals surface area contributed by atoms with E-state index in [4.69, 9.17) is 15.7 Å². The highest BCUT2D eigenvalue weighted by molar-refractivity contribution is 7.11. The highest BCUT2D eigenvalue weighted by Gasteiger charge is 2.11. The van der Waals surface area contributed by atoms with Crippen molar-refractivity contribution in [3.8, 4) is 0 Å². The van der Waals surface area contributed by atoms with Gasteiger partial charge in [0.25, 0.3) is 0 Å². The zero-order valence-electron chi connectivity index (χ0n) is 9.34. The summed E-state index contributed by atoms with van der Waals surface area (Å²) in [4.78, 5) is 12.9. The van der Waals surface area contributed by atoms with Crippen molar-refractivity contribution in [3.63, 3.8) is 0 Å². The molecule has 0 aliphatic carbocycles. The molecule has 0 aliphatic heterocycles. The van der Waals surface area contributed by atoms with E-state index in [-0.39, 0.29) is 12.6 Å². The summed E-state index contributed by atoms with van der Waals surface area (Å²) in [6.07, 6.45) is -0.264. The zero-order valence-corrected chi connectivity index (χ0v) is 10.2. The van der Waals surface area contributed by atoms with Crippen LogP contribution in [-0.2, 0) is 11.3 Å². The van der Waals surface area contributed by atoms with Crippen LogP contribution >= 0.6 is 11.3 Å². The van der Waals surface area contributed by atoms with Crippen molar-refractivity contribution in [2.75, 3.05) is 6.54 Å². The number of hydrogen-bond acceptors (Lipinski definition) is 4. The lowest BCUT2D eigenvalue weighted by Crippen LogP contribution is -2.38. The van der Waals surface area contributed by atoms with Gasteiger partial charge < -0.3 is 10.5 Å². The predicted molar refractivity (Wildman–Crippen MR) is 61.4 cm³/mol. The SMILES string of the molecule is Cc1ccc(COC(C)CN(O)C(N)=O)s1. The molecule has 1 heterocycles. The van der Waals surface area contributed by atoms with Gasteiger partial charge in [0.15, 0.2) is 0 Å². The molecule has 2 amide bonds. The maximum absolute atomic E-state index is 10.6. The molecule has 0 aromatic carbocycles. The third-order valence-corrected chi connectivity index (χ3v) is 2.96. The highest BCUT2D eigenvalue weighted by atomic mass is 32.1. The number of ether oxygens (including phenoxy) is 1. The molecule has 5 nitrogen and oxygen atoms in total. The van der Waals surface area contributed by atoms with E-state index < -0.39 is 6.03 Å². The number of carbonyl (C=O) groups is 1. The lowest BCUT2D eigenvalue weighted by Gasteiger charge is -2.17. The van der Waals surface area contributed by atoms with E-state index in [9.17, 15) is 4.79 Å². The summed E-state index contributed by atoms with van der Waals surface area (Å²) in [6.45, 7) is 4.35. The molecule has 0 aliphatic rings. The van der Waals surface area contributed by atoms with Crippen LogP contribution in [0.4, 0.5) is 4.79 Å². The van der Waals surface area contributed by atoms with Gasteiger partial charge in [0, 0.05) is 9.75 Å². The molecule has 1 unspecified atom stereocenters. The van der Waals surface area contributed by atoms with Gasteiger partial charge in [-0.1, -0.05) is 0 Å². The van der Waals surface area contributed by atoms with E-state index in [1.165, 1.54) is 4.88 Å². The number of carbonyl (C=O) groups excluding carboxylic acids is 1. The molecule has 0 fully saturated rings. The Balaban J connectivity index is 2.30. The second-order valence-electron chi connectivity index (χ2n) is 3.55. The molecule has 0 saturated heterocycles. The Morgan fingerprint density at radius 2 is 2.38 bits per heavy atom. The largest absolute Gasteiger partial charge is 0.371 e. The Kier molecular flexibility index (Phi) is 4.72. The smallest absolute Gasteiger partial charge is 0.338 e. The minimum Gasteiger partial charge on any atom is -0.371 e. The number of aryl methyl sites for hydroxylation is 1. The van der Waals surface area contributed by atoms with Crippen molar-refractivity contribution in [1.29, 1.82) is 0 Å². The van der Waals surface area contributed by atoms with Crippen LogP contribution in [0.25, 0.3) is 0 Å². The van der Waals surface area contributed by atoms with Gasteiger partial charge in [-0.05, 0) is 26.0 Å². The van der Waals surface area contributed by atoms with Gasteiger partial charge in [-0.2, -0.15) is 0 Å². The van der Waals surface area contributed by atoms with Gasteiger partial charge in [0.05, 0.1) is 19.3 Å². The second-order valence-corrected chi connectivity index (χ2v) is 4.93. The fourth-order valence-electron chi connectivity index (χ4n) is 1.17. The second kappa shape index (κ2) is 5.83. The van der Waals surface area contributed by atoms with Crippen LogP contribution in [0.15, 0.2) is 12.1 Å². The van der Waals surface area contributed by atoms with Crippen LogP contribution in [0.2, 0.25) is 0 Å². The van der Waals surface area contributed by atoms with Crippen molar-refractivity contribution in [3.05, 3.63) is 21.9 Å². The lowest BCUT2D eigenvalue weighted by molar-refractivity contribution is -0.0792. The molecule has 16 heavy (non-hydrogen) atoms. The molecular formula is C10H16N2O3S. The first-order valence-electron chi connectivity index (χ1n) is 4.92. The average Bonchev–Trinajstić information content (AvgIpc) is 2.61. The van der Waals surface area contributed by atoms with E-state index in [0.717, 1.165) is 4.88 Å². The Bertz CT molecular complexity index is 354. The molecule has 6 heteroatoms. The number of nitrogens with zero attached hydrogens (tertiary/aromatic N) is 1. The number of urea groups is 1. The van der Waals surface area contributed by atoms with Crippen LogP contribution < -0.4 is 5.73 Å². The number of primary amides is 1. The monoisotopic (exact) mass is 244 g/mol. The predicted octanol–water partition coefficient (Wildman–Crippen LogP) is 1.73. The van der Waals surface area contributed by atoms with Gasteiger partial charge in [0.1, 0.15) is 0 Å². The molecule has 0 radical (unpaired) electrons. The van der Waals surface area contributed by atoms with Gasteiger partial charge >= 0.3 is 6.03 Å². The molecule has 1 aromatic rings. The molecule has 0 bridgehead atoms. The Morgan fingerprint density at radius 3 is 2.88 bits per heavy atom. The first kappa shape index (κ1) is 13.0. The van der Waals surface area contributed by atoms with Crippen molar-refractivity contribution in [2.24, 2.45) is 5.73 Å². The van der Waals surface area contributed by atoms with Gasteiger partial charge in [-0.25, -0.2) is 9.86 Å². The van der Waals surface area contributed by atoms with E-state index >= 15 is 0 Å². The van der Waals surface area contributed by atoms with Crippen molar-refractivity contribution in [2.45, 2.75) is 26.6 Å². The average molecular weight is 244 g/mol. The molecular weight excluding hydrogens is 228 g/mol. The summed E-state index contributed by atoms with van der Waals surface area (Å²) < 4.78 is 5.46. The third kappa shape index (κ3) is 4.18.